The van der Waals surface area contributed by atoms with E-state index in [-0.39, 0.29) is 5.69 Å². The van der Waals surface area contributed by atoms with Gasteiger partial charge >= 0.3 is 0 Å². The Kier molecular flexibility index (Phi) is 5.11. The minimum Gasteiger partial charge on any atom is -0.496 e. The van der Waals surface area contributed by atoms with Crippen LogP contribution in [-0.4, -0.2) is 26.3 Å². The summed E-state index contributed by atoms with van der Waals surface area (Å²) in [6.07, 6.45) is 0. The van der Waals surface area contributed by atoms with Gasteiger partial charge in [-0.15, -0.1) is 0 Å². The molecule has 0 aliphatic rings. The number of rotatable bonds is 6. The molecule has 2 aromatic rings. The van der Waals surface area contributed by atoms with Crippen molar-refractivity contribution in [2.24, 2.45) is 0 Å². The van der Waals surface area contributed by atoms with Gasteiger partial charge in [0.1, 0.15) is 17.2 Å². The summed E-state index contributed by atoms with van der Waals surface area (Å²) in [6, 6.07) is 9.87. The summed E-state index contributed by atoms with van der Waals surface area (Å²) in [6.45, 7) is 0. The minimum atomic E-state index is -0.424. The lowest BCUT2D eigenvalue weighted by Crippen LogP contribution is -1.94. The first-order chi connectivity index (χ1) is 10.6. The van der Waals surface area contributed by atoms with Crippen LogP contribution in [0.2, 0.25) is 0 Å². The van der Waals surface area contributed by atoms with E-state index >= 15 is 0 Å². The fourth-order valence-corrected chi connectivity index (χ4v) is 2.90. The number of nitrogens with zero attached hydrogens (tertiary/aromatic N) is 1. The van der Waals surface area contributed by atoms with E-state index in [1.165, 1.54) is 23.9 Å². The zero-order chi connectivity index (χ0) is 16.1. The van der Waals surface area contributed by atoms with Gasteiger partial charge in [-0.05, 0) is 6.07 Å². The first-order valence-corrected chi connectivity index (χ1v) is 7.13. The molecule has 0 atom stereocenters. The number of ether oxygens (including phenoxy) is 3. The highest BCUT2D eigenvalue weighted by Gasteiger charge is 2.16. The van der Waals surface area contributed by atoms with Crippen LogP contribution >= 0.6 is 11.8 Å². The molecule has 0 unspecified atom stereocenters. The van der Waals surface area contributed by atoms with Crippen molar-refractivity contribution in [3.05, 3.63) is 46.5 Å². The lowest BCUT2D eigenvalue weighted by Gasteiger charge is -2.14. The molecule has 0 bridgehead atoms. The van der Waals surface area contributed by atoms with E-state index in [1.807, 2.05) is 0 Å². The minimum absolute atomic E-state index is 0.0384. The molecule has 0 radical (unpaired) electrons. The summed E-state index contributed by atoms with van der Waals surface area (Å²) < 4.78 is 15.9. The highest BCUT2D eigenvalue weighted by molar-refractivity contribution is 7.99. The number of hydrogen-bond acceptors (Lipinski definition) is 6. The summed E-state index contributed by atoms with van der Waals surface area (Å²) >= 11 is 1.33. The number of benzene rings is 2. The third kappa shape index (κ3) is 3.43. The van der Waals surface area contributed by atoms with E-state index in [4.69, 9.17) is 14.2 Å². The van der Waals surface area contributed by atoms with E-state index in [1.54, 1.807) is 45.6 Å². The Labute approximate surface area is 132 Å². The van der Waals surface area contributed by atoms with E-state index in [9.17, 15) is 10.1 Å². The second-order valence-corrected chi connectivity index (χ2v) is 5.30. The first kappa shape index (κ1) is 16.0. The average Bonchev–Trinajstić information content (AvgIpc) is 2.55. The van der Waals surface area contributed by atoms with E-state index in [0.717, 1.165) is 9.79 Å². The number of nitro benzene ring substituents is 1. The molecule has 7 heteroatoms. The predicted octanol–water partition coefficient (Wildman–Crippen LogP) is 3.77. The van der Waals surface area contributed by atoms with Crippen molar-refractivity contribution in [1.29, 1.82) is 0 Å². The molecule has 0 N–H and O–H groups in total. The molecule has 0 heterocycles. The Balaban J connectivity index is 2.44. The topological polar surface area (TPSA) is 70.8 Å². The van der Waals surface area contributed by atoms with Gasteiger partial charge in [0.15, 0.2) is 0 Å². The second kappa shape index (κ2) is 7.04. The van der Waals surface area contributed by atoms with Crippen LogP contribution in [0.25, 0.3) is 0 Å². The Morgan fingerprint density at radius 3 is 2.14 bits per heavy atom. The molecular weight excluding hydrogens is 306 g/mol. The Hall–Kier alpha value is -2.41. The Morgan fingerprint density at radius 2 is 1.64 bits per heavy atom. The summed E-state index contributed by atoms with van der Waals surface area (Å²) in [7, 11) is 4.65. The standard InChI is InChI=1S/C15H15NO5S/c1-19-11-8-13(20-2)15(14(9-11)21-3)22-12-6-4-5-10(7-12)16(17)18/h4-9H,1-3H3. The van der Waals surface area contributed by atoms with Crippen LogP contribution in [0.4, 0.5) is 5.69 Å². The van der Waals surface area contributed by atoms with Crippen LogP contribution in [0, 0.1) is 10.1 Å². The van der Waals surface area contributed by atoms with Crippen LogP contribution in [0.3, 0.4) is 0 Å². The van der Waals surface area contributed by atoms with Gasteiger partial charge in [-0.2, -0.15) is 0 Å². The van der Waals surface area contributed by atoms with Gasteiger partial charge in [0.05, 0.1) is 31.1 Å². The van der Waals surface area contributed by atoms with Gasteiger partial charge in [-0.25, -0.2) is 0 Å². The van der Waals surface area contributed by atoms with Crippen molar-refractivity contribution in [2.45, 2.75) is 9.79 Å². The molecule has 0 amide bonds. The predicted molar refractivity (Wildman–Crippen MR) is 83.3 cm³/mol. The number of hydrogen-bond donors (Lipinski definition) is 0. The smallest absolute Gasteiger partial charge is 0.270 e. The van der Waals surface area contributed by atoms with Crippen LogP contribution in [0.5, 0.6) is 17.2 Å². The maximum absolute atomic E-state index is 10.9. The molecule has 0 fully saturated rings. The lowest BCUT2D eigenvalue weighted by molar-refractivity contribution is -0.385. The van der Waals surface area contributed by atoms with Gasteiger partial charge in [-0.3, -0.25) is 10.1 Å². The average molecular weight is 321 g/mol. The van der Waals surface area contributed by atoms with Crippen molar-refractivity contribution >= 4 is 17.4 Å². The summed E-state index contributed by atoms with van der Waals surface area (Å²) in [4.78, 5) is 11.9. The van der Waals surface area contributed by atoms with Crippen molar-refractivity contribution in [1.82, 2.24) is 0 Å². The summed E-state index contributed by atoms with van der Waals surface area (Å²) in [5.41, 5.74) is 0.0384. The second-order valence-electron chi connectivity index (χ2n) is 4.22. The zero-order valence-corrected chi connectivity index (χ0v) is 13.2. The molecule has 2 rings (SSSR count). The molecule has 6 nitrogen and oxygen atoms in total. The monoisotopic (exact) mass is 321 g/mol. The van der Waals surface area contributed by atoms with E-state index in [0.29, 0.717) is 17.2 Å². The highest BCUT2D eigenvalue weighted by Crippen LogP contribution is 2.44. The normalized spacial score (nSPS) is 10.1. The van der Waals surface area contributed by atoms with Crippen molar-refractivity contribution in [2.75, 3.05) is 21.3 Å². The fraction of sp³-hybridized carbons (Fsp3) is 0.200. The lowest BCUT2D eigenvalue weighted by atomic mass is 10.3. The third-order valence-corrected chi connectivity index (χ3v) is 4.01. The largest absolute Gasteiger partial charge is 0.496 e. The molecular formula is C15H15NO5S. The van der Waals surface area contributed by atoms with Crippen LogP contribution < -0.4 is 14.2 Å². The molecule has 0 saturated carbocycles. The maximum Gasteiger partial charge on any atom is 0.270 e. The van der Waals surface area contributed by atoms with Crippen LogP contribution in [0.15, 0.2) is 46.2 Å². The van der Waals surface area contributed by atoms with Crippen molar-refractivity contribution in [3.63, 3.8) is 0 Å². The molecule has 0 spiro atoms. The van der Waals surface area contributed by atoms with Gasteiger partial charge in [0, 0.05) is 29.2 Å². The van der Waals surface area contributed by atoms with E-state index in [2.05, 4.69) is 0 Å². The number of nitro groups is 1. The van der Waals surface area contributed by atoms with Gasteiger partial charge in [0.2, 0.25) is 0 Å². The maximum atomic E-state index is 10.9. The fourth-order valence-electron chi connectivity index (χ4n) is 1.85. The molecule has 22 heavy (non-hydrogen) atoms. The van der Waals surface area contributed by atoms with Crippen LogP contribution in [0.1, 0.15) is 0 Å². The van der Waals surface area contributed by atoms with E-state index < -0.39 is 4.92 Å². The van der Waals surface area contributed by atoms with Crippen molar-refractivity contribution in [3.8, 4) is 17.2 Å². The quantitative estimate of drug-likeness (QED) is 0.596. The summed E-state index contributed by atoms with van der Waals surface area (Å²) in [5.74, 6) is 1.76. The molecule has 0 aliphatic carbocycles. The van der Waals surface area contributed by atoms with Crippen LogP contribution in [-0.2, 0) is 0 Å². The highest BCUT2D eigenvalue weighted by atomic mass is 32.2. The Morgan fingerprint density at radius 1 is 1.00 bits per heavy atom. The van der Waals surface area contributed by atoms with Gasteiger partial charge in [-0.1, -0.05) is 17.8 Å². The third-order valence-electron chi connectivity index (χ3n) is 2.92. The zero-order valence-electron chi connectivity index (χ0n) is 12.4. The first-order valence-electron chi connectivity index (χ1n) is 6.31. The van der Waals surface area contributed by atoms with Gasteiger partial charge < -0.3 is 14.2 Å². The molecule has 2 aromatic carbocycles. The molecule has 0 aromatic heterocycles. The summed E-state index contributed by atoms with van der Waals surface area (Å²) in [5, 5.41) is 10.9. The van der Waals surface area contributed by atoms with Crippen molar-refractivity contribution < 1.29 is 19.1 Å². The molecule has 116 valence electrons. The number of non-ortho nitro benzene ring substituents is 1. The molecule has 0 aliphatic heterocycles. The van der Waals surface area contributed by atoms with Gasteiger partial charge in [0.25, 0.3) is 5.69 Å². The molecule has 0 saturated heterocycles. The Bertz CT molecular complexity index is 664. The number of methoxy groups -OCH3 is 3. The SMILES string of the molecule is COc1cc(OC)c(Sc2cccc([N+](=O)[O-])c2)c(OC)c1.